The van der Waals surface area contributed by atoms with E-state index in [9.17, 15) is 0 Å². The molecule has 0 aliphatic rings. The fourth-order valence-electron chi connectivity index (χ4n) is 1.18. The SMILES string of the molecule is CCNC(CCSC)C(C)C. The Morgan fingerprint density at radius 1 is 1.36 bits per heavy atom. The Hall–Kier alpha value is 0.310. The van der Waals surface area contributed by atoms with Crippen molar-refractivity contribution in [3.8, 4) is 0 Å². The quantitative estimate of drug-likeness (QED) is 0.665. The molecular formula is C9H21NS. The summed E-state index contributed by atoms with van der Waals surface area (Å²) in [5.41, 5.74) is 0. The highest BCUT2D eigenvalue weighted by molar-refractivity contribution is 7.98. The summed E-state index contributed by atoms with van der Waals surface area (Å²) < 4.78 is 0. The molecule has 1 nitrogen and oxygen atoms in total. The van der Waals surface area contributed by atoms with Crippen molar-refractivity contribution < 1.29 is 0 Å². The van der Waals surface area contributed by atoms with Gasteiger partial charge in [-0.25, -0.2) is 0 Å². The van der Waals surface area contributed by atoms with E-state index in [0.717, 1.165) is 12.5 Å². The lowest BCUT2D eigenvalue weighted by atomic mass is 10.0. The van der Waals surface area contributed by atoms with Crippen molar-refractivity contribution in [2.24, 2.45) is 5.92 Å². The van der Waals surface area contributed by atoms with E-state index in [4.69, 9.17) is 0 Å². The van der Waals surface area contributed by atoms with E-state index in [1.807, 2.05) is 11.8 Å². The van der Waals surface area contributed by atoms with Crippen molar-refractivity contribution >= 4 is 11.8 Å². The Balaban J connectivity index is 3.51. The molecular weight excluding hydrogens is 154 g/mol. The minimum atomic E-state index is 0.715. The summed E-state index contributed by atoms with van der Waals surface area (Å²) in [7, 11) is 0. The Morgan fingerprint density at radius 2 is 2.00 bits per heavy atom. The van der Waals surface area contributed by atoms with Crippen molar-refractivity contribution in [3.05, 3.63) is 0 Å². The van der Waals surface area contributed by atoms with Crippen LogP contribution >= 0.6 is 11.8 Å². The van der Waals surface area contributed by atoms with Gasteiger partial charge in [-0.15, -0.1) is 0 Å². The van der Waals surface area contributed by atoms with E-state index >= 15 is 0 Å². The molecule has 0 fully saturated rings. The van der Waals surface area contributed by atoms with E-state index in [0.29, 0.717) is 6.04 Å². The smallest absolute Gasteiger partial charge is 0.00977 e. The van der Waals surface area contributed by atoms with Crippen LogP contribution in [0.15, 0.2) is 0 Å². The highest BCUT2D eigenvalue weighted by Crippen LogP contribution is 2.08. The molecule has 0 rings (SSSR count). The van der Waals surface area contributed by atoms with E-state index in [2.05, 4.69) is 32.3 Å². The summed E-state index contributed by atoms with van der Waals surface area (Å²) in [6.07, 6.45) is 3.47. The zero-order valence-electron chi connectivity index (χ0n) is 8.18. The van der Waals surface area contributed by atoms with Crippen molar-refractivity contribution in [1.82, 2.24) is 5.32 Å². The summed E-state index contributed by atoms with van der Waals surface area (Å²) in [5.74, 6) is 2.04. The number of thioether (sulfide) groups is 1. The molecule has 0 aliphatic carbocycles. The molecule has 1 unspecified atom stereocenters. The first-order valence-electron chi connectivity index (χ1n) is 4.44. The molecule has 0 bridgehead atoms. The van der Waals surface area contributed by atoms with Gasteiger partial charge in [0, 0.05) is 6.04 Å². The van der Waals surface area contributed by atoms with Crippen LogP contribution in [0.5, 0.6) is 0 Å². The van der Waals surface area contributed by atoms with Crippen molar-refractivity contribution in [2.75, 3.05) is 18.6 Å². The predicted molar refractivity (Wildman–Crippen MR) is 55.3 cm³/mol. The lowest BCUT2D eigenvalue weighted by Crippen LogP contribution is -2.34. The molecule has 11 heavy (non-hydrogen) atoms. The van der Waals surface area contributed by atoms with Crippen LogP contribution in [0.25, 0.3) is 0 Å². The van der Waals surface area contributed by atoms with Crippen molar-refractivity contribution in [1.29, 1.82) is 0 Å². The minimum Gasteiger partial charge on any atom is -0.314 e. The second kappa shape index (κ2) is 6.99. The lowest BCUT2D eigenvalue weighted by Gasteiger charge is -2.20. The number of hydrogen-bond acceptors (Lipinski definition) is 2. The first-order valence-corrected chi connectivity index (χ1v) is 5.84. The van der Waals surface area contributed by atoms with Gasteiger partial charge in [0.05, 0.1) is 0 Å². The molecule has 0 aromatic heterocycles. The van der Waals surface area contributed by atoms with Crippen molar-refractivity contribution in [2.45, 2.75) is 33.2 Å². The van der Waals surface area contributed by atoms with Crippen LogP contribution in [-0.4, -0.2) is 24.6 Å². The third-order valence-electron chi connectivity index (χ3n) is 1.90. The molecule has 0 radical (unpaired) electrons. The molecule has 0 heterocycles. The molecule has 0 saturated heterocycles. The molecule has 0 aromatic carbocycles. The van der Waals surface area contributed by atoms with Gasteiger partial charge in [-0.1, -0.05) is 20.8 Å². The molecule has 0 saturated carbocycles. The van der Waals surface area contributed by atoms with Crippen LogP contribution < -0.4 is 5.32 Å². The maximum atomic E-state index is 3.50. The van der Waals surface area contributed by atoms with Crippen LogP contribution in [-0.2, 0) is 0 Å². The Morgan fingerprint density at radius 3 is 2.36 bits per heavy atom. The van der Waals surface area contributed by atoms with Gasteiger partial charge in [0.15, 0.2) is 0 Å². The third-order valence-corrected chi connectivity index (χ3v) is 2.55. The van der Waals surface area contributed by atoms with E-state index in [1.54, 1.807) is 0 Å². The monoisotopic (exact) mass is 175 g/mol. The van der Waals surface area contributed by atoms with Gasteiger partial charge in [-0.05, 0) is 30.9 Å². The number of hydrogen-bond donors (Lipinski definition) is 1. The number of nitrogens with one attached hydrogen (secondary N) is 1. The van der Waals surface area contributed by atoms with Crippen LogP contribution in [0, 0.1) is 5.92 Å². The second-order valence-electron chi connectivity index (χ2n) is 3.19. The summed E-state index contributed by atoms with van der Waals surface area (Å²) in [5, 5.41) is 3.50. The van der Waals surface area contributed by atoms with Gasteiger partial charge < -0.3 is 5.32 Å². The fraction of sp³-hybridized carbons (Fsp3) is 1.00. The summed E-state index contributed by atoms with van der Waals surface area (Å²) in [4.78, 5) is 0. The first-order chi connectivity index (χ1) is 5.22. The average molecular weight is 175 g/mol. The standard InChI is InChI=1S/C9H21NS/c1-5-10-9(8(2)3)6-7-11-4/h8-10H,5-7H2,1-4H3. The maximum Gasteiger partial charge on any atom is 0.00977 e. The third kappa shape index (κ3) is 5.57. The summed E-state index contributed by atoms with van der Waals surface area (Å²) in [6, 6.07) is 0.715. The van der Waals surface area contributed by atoms with E-state index in [1.165, 1.54) is 12.2 Å². The largest absolute Gasteiger partial charge is 0.314 e. The molecule has 0 aliphatic heterocycles. The molecule has 2 heteroatoms. The predicted octanol–water partition coefficient (Wildman–Crippen LogP) is 2.37. The lowest BCUT2D eigenvalue weighted by molar-refractivity contribution is 0.400. The highest BCUT2D eigenvalue weighted by Gasteiger charge is 2.09. The van der Waals surface area contributed by atoms with Crippen LogP contribution in [0.3, 0.4) is 0 Å². The van der Waals surface area contributed by atoms with Crippen LogP contribution in [0.2, 0.25) is 0 Å². The van der Waals surface area contributed by atoms with Crippen LogP contribution in [0.4, 0.5) is 0 Å². The molecule has 1 atom stereocenters. The summed E-state index contributed by atoms with van der Waals surface area (Å²) in [6.45, 7) is 7.84. The minimum absolute atomic E-state index is 0.715. The Kier molecular flexibility index (Phi) is 7.18. The summed E-state index contributed by atoms with van der Waals surface area (Å²) >= 11 is 1.93. The zero-order chi connectivity index (χ0) is 8.69. The van der Waals surface area contributed by atoms with Crippen LogP contribution in [0.1, 0.15) is 27.2 Å². The van der Waals surface area contributed by atoms with Gasteiger partial charge >= 0.3 is 0 Å². The highest BCUT2D eigenvalue weighted by atomic mass is 32.2. The zero-order valence-corrected chi connectivity index (χ0v) is 9.00. The Labute approximate surface area is 75.3 Å². The van der Waals surface area contributed by atoms with Gasteiger partial charge in [-0.3, -0.25) is 0 Å². The van der Waals surface area contributed by atoms with Gasteiger partial charge in [0.1, 0.15) is 0 Å². The van der Waals surface area contributed by atoms with E-state index in [-0.39, 0.29) is 0 Å². The Bertz CT molecular complexity index is 83.6. The molecule has 1 N–H and O–H groups in total. The van der Waals surface area contributed by atoms with Gasteiger partial charge in [0.2, 0.25) is 0 Å². The topological polar surface area (TPSA) is 12.0 Å². The van der Waals surface area contributed by atoms with Gasteiger partial charge in [0.25, 0.3) is 0 Å². The first kappa shape index (κ1) is 11.3. The van der Waals surface area contributed by atoms with Gasteiger partial charge in [-0.2, -0.15) is 11.8 Å². The normalized spacial score (nSPS) is 13.9. The fourth-order valence-corrected chi connectivity index (χ4v) is 1.67. The maximum absolute atomic E-state index is 3.50. The molecule has 0 amide bonds. The van der Waals surface area contributed by atoms with E-state index < -0.39 is 0 Å². The average Bonchev–Trinajstić information content (AvgIpc) is 1.97. The number of rotatable bonds is 6. The molecule has 0 spiro atoms. The van der Waals surface area contributed by atoms with Crippen molar-refractivity contribution in [3.63, 3.8) is 0 Å². The second-order valence-corrected chi connectivity index (χ2v) is 4.18. The molecule has 68 valence electrons. The molecule has 0 aromatic rings.